The fourth-order valence-electron chi connectivity index (χ4n) is 3.86. The molecule has 3 rings (SSSR count). The van der Waals surface area contributed by atoms with Crippen molar-refractivity contribution in [3.8, 4) is 5.82 Å². The molecule has 1 aliphatic carbocycles. The molecular formula is C17H25N5. The summed E-state index contributed by atoms with van der Waals surface area (Å²) in [6, 6.07) is 1.91. The molecule has 5 nitrogen and oxygen atoms in total. The van der Waals surface area contributed by atoms with Gasteiger partial charge in [0.05, 0.1) is 6.20 Å². The summed E-state index contributed by atoms with van der Waals surface area (Å²) in [7, 11) is 1.89. The van der Waals surface area contributed by atoms with Gasteiger partial charge in [-0.25, -0.2) is 0 Å². The van der Waals surface area contributed by atoms with Gasteiger partial charge in [-0.05, 0) is 29.2 Å². The van der Waals surface area contributed by atoms with E-state index in [9.17, 15) is 0 Å². The highest BCUT2D eigenvalue weighted by Crippen LogP contribution is 2.48. The van der Waals surface area contributed by atoms with E-state index in [-0.39, 0.29) is 10.8 Å². The van der Waals surface area contributed by atoms with Crippen LogP contribution in [0.5, 0.6) is 0 Å². The first kappa shape index (κ1) is 14.9. The number of nitrogen functional groups attached to an aromatic ring is 1. The first-order valence-corrected chi connectivity index (χ1v) is 7.73. The van der Waals surface area contributed by atoms with Crippen LogP contribution in [0.3, 0.4) is 0 Å². The third kappa shape index (κ3) is 2.67. The molecule has 0 saturated carbocycles. The van der Waals surface area contributed by atoms with Crippen molar-refractivity contribution in [2.75, 3.05) is 5.73 Å². The summed E-state index contributed by atoms with van der Waals surface area (Å²) < 4.78 is 3.47. The second-order valence-electron chi connectivity index (χ2n) is 7.88. The van der Waals surface area contributed by atoms with Crippen LogP contribution in [-0.4, -0.2) is 19.6 Å². The summed E-state index contributed by atoms with van der Waals surface area (Å²) in [6.45, 7) is 9.21. The molecule has 22 heavy (non-hydrogen) atoms. The first-order chi connectivity index (χ1) is 10.2. The van der Waals surface area contributed by atoms with Gasteiger partial charge in [0, 0.05) is 24.9 Å². The molecule has 0 fully saturated rings. The van der Waals surface area contributed by atoms with Gasteiger partial charge in [0.25, 0.3) is 0 Å². The smallest absolute Gasteiger partial charge is 0.177 e. The van der Waals surface area contributed by atoms with E-state index in [2.05, 4.69) is 44.0 Å². The summed E-state index contributed by atoms with van der Waals surface area (Å²) in [5.74, 6) is 1.42. The Morgan fingerprint density at radius 2 is 1.95 bits per heavy atom. The molecule has 0 unspecified atom stereocenters. The monoisotopic (exact) mass is 299 g/mol. The zero-order valence-electron chi connectivity index (χ0n) is 14.1. The van der Waals surface area contributed by atoms with Gasteiger partial charge in [-0.1, -0.05) is 33.8 Å². The quantitative estimate of drug-likeness (QED) is 0.924. The highest BCUT2D eigenvalue weighted by Gasteiger charge is 2.34. The molecule has 118 valence electrons. The Kier molecular flexibility index (Phi) is 3.20. The molecule has 0 radical (unpaired) electrons. The SMILES string of the molecule is Cn1ccc(-n2ncc(C3=CC(C)(C)CC(C)(C)C3)c2N)n1. The van der Waals surface area contributed by atoms with Crippen LogP contribution in [0.4, 0.5) is 5.82 Å². The molecule has 2 aromatic rings. The molecule has 0 saturated heterocycles. The van der Waals surface area contributed by atoms with Crippen molar-refractivity contribution < 1.29 is 0 Å². The maximum atomic E-state index is 6.36. The van der Waals surface area contributed by atoms with Crippen LogP contribution in [0.15, 0.2) is 24.5 Å². The topological polar surface area (TPSA) is 61.7 Å². The molecule has 5 heteroatoms. The van der Waals surface area contributed by atoms with Gasteiger partial charge in [-0.3, -0.25) is 4.68 Å². The average Bonchev–Trinajstić information content (AvgIpc) is 2.91. The fourth-order valence-corrected chi connectivity index (χ4v) is 3.86. The molecule has 2 N–H and O–H groups in total. The fraction of sp³-hybridized carbons (Fsp3) is 0.529. The summed E-state index contributed by atoms with van der Waals surface area (Å²) in [6.07, 6.45) is 8.32. The van der Waals surface area contributed by atoms with Crippen molar-refractivity contribution in [2.45, 2.75) is 40.5 Å². The molecule has 0 aromatic carbocycles. The van der Waals surface area contributed by atoms with Crippen LogP contribution >= 0.6 is 0 Å². The Morgan fingerprint density at radius 1 is 1.23 bits per heavy atom. The maximum Gasteiger partial charge on any atom is 0.177 e. The molecule has 0 bridgehead atoms. The van der Waals surface area contributed by atoms with Gasteiger partial charge in [-0.15, -0.1) is 0 Å². The van der Waals surface area contributed by atoms with Crippen molar-refractivity contribution in [1.82, 2.24) is 19.6 Å². The lowest BCUT2D eigenvalue weighted by Crippen LogP contribution is -2.26. The Balaban J connectivity index is 2.03. The molecule has 2 aromatic heterocycles. The van der Waals surface area contributed by atoms with E-state index in [1.54, 1.807) is 9.36 Å². The van der Waals surface area contributed by atoms with Crippen molar-refractivity contribution in [3.05, 3.63) is 30.1 Å². The van der Waals surface area contributed by atoms with Gasteiger partial charge in [0.15, 0.2) is 5.82 Å². The van der Waals surface area contributed by atoms with Crippen LogP contribution in [0, 0.1) is 10.8 Å². The summed E-state index contributed by atoms with van der Waals surface area (Å²) >= 11 is 0. The van der Waals surface area contributed by atoms with E-state index in [1.165, 1.54) is 12.0 Å². The Hall–Kier alpha value is -2.04. The van der Waals surface area contributed by atoms with E-state index >= 15 is 0 Å². The van der Waals surface area contributed by atoms with Gasteiger partial charge in [-0.2, -0.15) is 14.9 Å². The summed E-state index contributed by atoms with van der Waals surface area (Å²) in [5.41, 5.74) is 9.14. The zero-order chi connectivity index (χ0) is 16.1. The highest BCUT2D eigenvalue weighted by atomic mass is 15.4. The number of anilines is 1. The van der Waals surface area contributed by atoms with Crippen LogP contribution in [-0.2, 0) is 7.05 Å². The van der Waals surface area contributed by atoms with Gasteiger partial charge in [0.2, 0.25) is 0 Å². The Bertz CT molecular complexity index is 730. The van der Waals surface area contributed by atoms with Crippen LogP contribution in [0.2, 0.25) is 0 Å². The lowest BCUT2D eigenvalue weighted by atomic mass is 9.66. The number of nitrogens with two attached hydrogens (primary N) is 1. The van der Waals surface area contributed by atoms with Crippen molar-refractivity contribution in [3.63, 3.8) is 0 Å². The minimum Gasteiger partial charge on any atom is -0.383 e. The number of aryl methyl sites for hydroxylation is 1. The molecule has 1 aliphatic rings. The van der Waals surface area contributed by atoms with E-state index in [0.717, 1.165) is 17.8 Å². The maximum absolute atomic E-state index is 6.36. The molecular weight excluding hydrogens is 274 g/mol. The van der Waals surface area contributed by atoms with E-state index in [1.807, 2.05) is 25.5 Å². The van der Waals surface area contributed by atoms with Gasteiger partial charge < -0.3 is 5.73 Å². The van der Waals surface area contributed by atoms with Crippen LogP contribution in [0.25, 0.3) is 11.4 Å². The van der Waals surface area contributed by atoms with Crippen molar-refractivity contribution in [2.24, 2.45) is 17.9 Å². The zero-order valence-corrected chi connectivity index (χ0v) is 14.1. The minimum absolute atomic E-state index is 0.177. The van der Waals surface area contributed by atoms with Crippen molar-refractivity contribution in [1.29, 1.82) is 0 Å². The van der Waals surface area contributed by atoms with E-state index in [4.69, 9.17) is 5.73 Å². The molecule has 0 amide bonds. The first-order valence-electron chi connectivity index (χ1n) is 7.73. The van der Waals surface area contributed by atoms with Gasteiger partial charge in [0.1, 0.15) is 5.82 Å². The van der Waals surface area contributed by atoms with E-state index in [0.29, 0.717) is 5.82 Å². The highest BCUT2D eigenvalue weighted by molar-refractivity contribution is 5.75. The predicted octanol–water partition coefficient (Wildman–Crippen LogP) is 3.42. The van der Waals surface area contributed by atoms with Crippen LogP contribution in [0.1, 0.15) is 46.1 Å². The lowest BCUT2D eigenvalue weighted by Gasteiger charge is -2.39. The Labute approximate surface area is 131 Å². The average molecular weight is 299 g/mol. The third-order valence-corrected chi connectivity index (χ3v) is 4.24. The second kappa shape index (κ2) is 4.73. The largest absolute Gasteiger partial charge is 0.383 e. The molecule has 0 aliphatic heterocycles. The number of nitrogens with zero attached hydrogens (tertiary/aromatic N) is 4. The lowest BCUT2D eigenvalue weighted by molar-refractivity contribution is 0.229. The standard InChI is InChI=1S/C17H25N5/c1-16(2)8-12(9-17(3,4)11-16)13-10-19-22(15(13)18)14-6-7-21(5)20-14/h6-8,10H,9,11,18H2,1-5H3. The Morgan fingerprint density at radius 3 is 2.55 bits per heavy atom. The molecule has 0 spiro atoms. The predicted molar refractivity (Wildman–Crippen MR) is 89.5 cm³/mol. The number of aromatic nitrogens is 4. The number of hydrogen-bond acceptors (Lipinski definition) is 3. The minimum atomic E-state index is 0.177. The van der Waals surface area contributed by atoms with E-state index < -0.39 is 0 Å². The van der Waals surface area contributed by atoms with Crippen LogP contribution < -0.4 is 5.73 Å². The number of hydrogen-bond donors (Lipinski definition) is 1. The second-order valence-corrected chi connectivity index (χ2v) is 7.88. The van der Waals surface area contributed by atoms with Crippen molar-refractivity contribution >= 4 is 11.4 Å². The van der Waals surface area contributed by atoms with Gasteiger partial charge >= 0.3 is 0 Å². The number of allylic oxidation sites excluding steroid dienone is 2. The molecule has 2 heterocycles. The molecule has 0 atom stereocenters. The summed E-state index contributed by atoms with van der Waals surface area (Å²) in [5, 5.41) is 8.82. The summed E-state index contributed by atoms with van der Waals surface area (Å²) in [4.78, 5) is 0. The third-order valence-electron chi connectivity index (χ3n) is 4.24. The normalized spacial score (nSPS) is 20.0. The number of rotatable bonds is 2.